The molecule has 6 nitrogen and oxygen atoms in total. The number of carbonyl (C=O) groups excluding carboxylic acids is 2. The van der Waals surface area contributed by atoms with Gasteiger partial charge in [-0.15, -0.1) is 0 Å². The first kappa shape index (κ1) is 26.1. The topological polar surface area (TPSA) is 71.1 Å². The molecule has 5 aliphatic rings. The van der Waals surface area contributed by atoms with Gasteiger partial charge in [0.15, 0.2) is 11.6 Å². The second kappa shape index (κ2) is 9.06. The lowest BCUT2D eigenvalue weighted by atomic mass is 9.58. The third kappa shape index (κ3) is 4.31. The zero-order chi connectivity index (χ0) is 25.9. The Morgan fingerprint density at radius 3 is 2.50 bits per heavy atom. The monoisotopic (exact) mass is 500 g/mol. The van der Waals surface area contributed by atoms with Gasteiger partial charge in [0.25, 0.3) is 0 Å². The van der Waals surface area contributed by atoms with E-state index in [1.807, 2.05) is 13.8 Å². The van der Waals surface area contributed by atoms with E-state index in [0.717, 1.165) is 44.1 Å². The van der Waals surface area contributed by atoms with Crippen LogP contribution in [0.2, 0.25) is 0 Å². The van der Waals surface area contributed by atoms with Gasteiger partial charge in [-0.3, -0.25) is 4.79 Å². The molecule has 2 bridgehead atoms. The van der Waals surface area contributed by atoms with Crippen molar-refractivity contribution in [3.05, 3.63) is 23.8 Å². The number of hydrogen-bond acceptors (Lipinski definition) is 6. The van der Waals surface area contributed by atoms with E-state index in [4.69, 9.17) is 18.9 Å². The van der Waals surface area contributed by atoms with E-state index in [0.29, 0.717) is 37.4 Å². The predicted molar refractivity (Wildman–Crippen MR) is 136 cm³/mol. The Balaban J connectivity index is 1.18. The van der Waals surface area contributed by atoms with E-state index in [2.05, 4.69) is 33.4 Å². The minimum Gasteiger partial charge on any atom is -0.462 e. The van der Waals surface area contributed by atoms with Crippen molar-refractivity contribution in [1.29, 1.82) is 0 Å². The van der Waals surface area contributed by atoms with Crippen LogP contribution < -0.4 is 0 Å². The lowest BCUT2D eigenvalue weighted by molar-refractivity contribution is -0.316. The van der Waals surface area contributed by atoms with E-state index < -0.39 is 23.1 Å². The van der Waals surface area contributed by atoms with E-state index >= 15 is 0 Å². The summed E-state index contributed by atoms with van der Waals surface area (Å²) in [5.74, 6) is 0.550. The molecule has 4 heterocycles. The average molecular weight is 501 g/mol. The summed E-state index contributed by atoms with van der Waals surface area (Å²) in [6, 6.07) is 0. The van der Waals surface area contributed by atoms with Crippen LogP contribution in [0.3, 0.4) is 0 Å². The molecule has 6 unspecified atom stereocenters. The first-order chi connectivity index (χ1) is 16.9. The number of cyclic esters (lactones) is 1. The number of ether oxygens (including phenoxy) is 4. The summed E-state index contributed by atoms with van der Waals surface area (Å²) in [7, 11) is 0. The van der Waals surface area contributed by atoms with Crippen LogP contribution in [-0.4, -0.2) is 48.1 Å². The van der Waals surface area contributed by atoms with Crippen molar-refractivity contribution in [2.24, 2.45) is 23.2 Å². The number of hydrogen-bond donors (Lipinski definition) is 0. The normalized spacial score (nSPS) is 42.8. The van der Waals surface area contributed by atoms with Crippen molar-refractivity contribution in [3.63, 3.8) is 0 Å². The maximum Gasteiger partial charge on any atom is 0.333 e. The molecular weight excluding hydrogens is 456 g/mol. The van der Waals surface area contributed by atoms with Crippen LogP contribution in [0.4, 0.5) is 0 Å². The summed E-state index contributed by atoms with van der Waals surface area (Å²) < 4.78 is 24.2. The van der Waals surface area contributed by atoms with Gasteiger partial charge in [0, 0.05) is 24.8 Å². The van der Waals surface area contributed by atoms with Crippen molar-refractivity contribution in [2.75, 3.05) is 13.2 Å². The molecule has 6 heteroatoms. The number of esters is 1. The Morgan fingerprint density at radius 2 is 1.83 bits per heavy atom. The van der Waals surface area contributed by atoms with Gasteiger partial charge in [-0.1, -0.05) is 32.1 Å². The van der Waals surface area contributed by atoms with Gasteiger partial charge < -0.3 is 18.9 Å². The average Bonchev–Trinajstić information content (AvgIpc) is 3.31. The van der Waals surface area contributed by atoms with Crippen molar-refractivity contribution in [1.82, 2.24) is 0 Å². The Kier molecular flexibility index (Phi) is 6.57. The molecule has 0 amide bonds. The van der Waals surface area contributed by atoms with Gasteiger partial charge in [0.1, 0.15) is 17.3 Å². The molecule has 4 aliphatic heterocycles. The van der Waals surface area contributed by atoms with Crippen molar-refractivity contribution >= 4 is 11.8 Å². The van der Waals surface area contributed by atoms with Gasteiger partial charge in [-0.25, -0.2) is 4.79 Å². The number of fused-ring (bicyclic) bond motifs is 3. The van der Waals surface area contributed by atoms with Gasteiger partial charge in [0.05, 0.1) is 13.2 Å². The number of ketones is 1. The molecule has 0 N–H and O–H groups in total. The molecule has 0 radical (unpaired) electrons. The van der Waals surface area contributed by atoms with E-state index in [9.17, 15) is 9.59 Å². The van der Waals surface area contributed by atoms with Crippen molar-refractivity contribution < 1.29 is 28.5 Å². The van der Waals surface area contributed by atoms with Crippen molar-refractivity contribution in [3.8, 4) is 0 Å². The largest absolute Gasteiger partial charge is 0.462 e. The van der Waals surface area contributed by atoms with Crippen LogP contribution in [0.15, 0.2) is 23.8 Å². The third-order valence-corrected chi connectivity index (χ3v) is 10.2. The minimum absolute atomic E-state index is 0.0266. The maximum absolute atomic E-state index is 12.7. The number of Topliss-reactive ketones (excluding diaryl/α,β-unsaturated/α-hetero) is 1. The van der Waals surface area contributed by atoms with Crippen molar-refractivity contribution in [2.45, 2.75) is 115 Å². The summed E-state index contributed by atoms with van der Waals surface area (Å²) >= 11 is 0. The molecule has 1 saturated carbocycles. The summed E-state index contributed by atoms with van der Waals surface area (Å²) in [4.78, 5) is 24.6. The van der Waals surface area contributed by atoms with E-state index in [1.54, 1.807) is 0 Å². The molecule has 0 aromatic rings. The van der Waals surface area contributed by atoms with Crippen LogP contribution in [0.5, 0.6) is 0 Å². The number of carbonyl (C=O) groups is 2. The predicted octanol–water partition coefficient (Wildman–Crippen LogP) is 5.69. The zero-order valence-corrected chi connectivity index (χ0v) is 22.8. The maximum atomic E-state index is 12.7. The van der Waals surface area contributed by atoms with Crippen LogP contribution in [0.25, 0.3) is 0 Å². The smallest absolute Gasteiger partial charge is 0.333 e. The molecule has 5 fully saturated rings. The third-order valence-electron chi connectivity index (χ3n) is 10.2. The molecule has 0 aromatic carbocycles. The van der Waals surface area contributed by atoms with E-state index in [-0.39, 0.29) is 17.2 Å². The SMILES string of the molecule is C=C1CCC(CCC2CCC3(OC2)OC2CC3(C)OC(C)(C)C2=O)C(C)(C)C1CC=C1CCOC1=O. The highest BCUT2D eigenvalue weighted by Gasteiger charge is 2.67. The molecule has 36 heavy (non-hydrogen) atoms. The number of allylic oxidation sites excluding steroid dienone is 2. The Labute approximate surface area is 216 Å². The molecule has 1 aliphatic carbocycles. The molecule has 200 valence electrons. The fourth-order valence-electron chi connectivity index (χ4n) is 7.75. The molecule has 5 rings (SSSR count). The zero-order valence-electron chi connectivity index (χ0n) is 22.8. The van der Waals surface area contributed by atoms with Crippen LogP contribution in [-0.2, 0) is 28.5 Å². The number of rotatable bonds is 5. The molecule has 6 atom stereocenters. The Hall–Kier alpha value is -1.50. The van der Waals surface area contributed by atoms with Crippen LogP contribution in [0.1, 0.15) is 92.4 Å². The molecule has 0 aromatic heterocycles. The first-order valence-corrected chi connectivity index (χ1v) is 14.0. The summed E-state index contributed by atoms with van der Waals surface area (Å²) in [5, 5.41) is 0. The fourth-order valence-corrected chi connectivity index (χ4v) is 7.75. The quantitative estimate of drug-likeness (QED) is 0.274. The highest BCUT2D eigenvalue weighted by Crippen LogP contribution is 2.55. The van der Waals surface area contributed by atoms with Gasteiger partial charge in [-0.05, 0) is 82.5 Å². The summed E-state index contributed by atoms with van der Waals surface area (Å²) in [6.07, 6.45) is 10.2. The summed E-state index contributed by atoms with van der Waals surface area (Å²) in [5.41, 5.74) is 0.861. The van der Waals surface area contributed by atoms with Crippen LogP contribution in [0, 0.1) is 23.2 Å². The molecule has 4 saturated heterocycles. The Morgan fingerprint density at radius 1 is 1.06 bits per heavy atom. The van der Waals surface area contributed by atoms with E-state index in [1.165, 1.54) is 18.4 Å². The van der Waals surface area contributed by atoms with Gasteiger partial charge in [0.2, 0.25) is 0 Å². The van der Waals surface area contributed by atoms with Gasteiger partial charge >= 0.3 is 5.97 Å². The second-order valence-corrected chi connectivity index (χ2v) is 13.2. The fraction of sp³-hybridized carbons (Fsp3) is 0.800. The second-order valence-electron chi connectivity index (χ2n) is 13.2. The summed E-state index contributed by atoms with van der Waals surface area (Å²) in [6.45, 7) is 16.1. The van der Waals surface area contributed by atoms with Gasteiger partial charge in [-0.2, -0.15) is 0 Å². The standard InChI is InChI=1S/C30H44O6/c1-19-7-10-22(27(2,3)23(19)12-9-21-14-16-33-26(21)32)11-8-20-13-15-30(34-18-20)29(6)17-24(35-30)25(31)28(4,5)36-29/h9,20,22-24H,1,7-8,10-18H2,2-6H3. The first-order valence-electron chi connectivity index (χ1n) is 14.0. The van der Waals surface area contributed by atoms with Crippen LogP contribution >= 0.6 is 0 Å². The highest BCUT2D eigenvalue weighted by atomic mass is 16.7. The molecule has 1 spiro atoms. The minimum atomic E-state index is -0.831. The lowest BCUT2D eigenvalue weighted by Crippen LogP contribution is -2.59. The molecular formula is C30H44O6. The Bertz CT molecular complexity index is 952. The highest BCUT2D eigenvalue weighted by molar-refractivity contribution is 5.92. The lowest BCUT2D eigenvalue weighted by Gasteiger charge is -2.49.